The van der Waals surface area contributed by atoms with Crippen molar-refractivity contribution in [3.05, 3.63) is 22.4 Å². The zero-order valence-corrected chi connectivity index (χ0v) is 9.64. The van der Waals surface area contributed by atoms with E-state index in [4.69, 9.17) is 0 Å². The minimum Gasteiger partial charge on any atom is -0.392 e. The minimum absolute atomic E-state index is 0.141. The van der Waals surface area contributed by atoms with E-state index < -0.39 is 15.9 Å². The lowest BCUT2D eigenvalue weighted by Gasteiger charge is -2.07. The number of thiophene rings is 1. The lowest BCUT2D eigenvalue weighted by atomic mass is 10.2. The van der Waals surface area contributed by atoms with Crippen molar-refractivity contribution in [1.82, 2.24) is 0 Å². The molecule has 3 nitrogen and oxygen atoms in total. The highest BCUT2D eigenvalue weighted by Gasteiger charge is 2.12. The minimum atomic E-state index is -3.06. The van der Waals surface area contributed by atoms with E-state index in [0.717, 1.165) is 12.7 Å². The third-order valence-corrected chi connectivity index (χ3v) is 3.73. The van der Waals surface area contributed by atoms with E-state index in [0.29, 0.717) is 6.42 Å². The van der Waals surface area contributed by atoms with Gasteiger partial charge in [0.1, 0.15) is 9.84 Å². The van der Waals surface area contributed by atoms with Gasteiger partial charge in [-0.15, -0.1) is 11.3 Å². The zero-order valence-electron chi connectivity index (χ0n) is 8.01. The summed E-state index contributed by atoms with van der Waals surface area (Å²) < 4.78 is 21.7. The summed E-state index contributed by atoms with van der Waals surface area (Å²) in [5.74, 6) is -0.141. The van der Waals surface area contributed by atoms with Gasteiger partial charge in [0.2, 0.25) is 0 Å². The summed E-state index contributed by atoms with van der Waals surface area (Å²) >= 11 is 1.62. The summed E-state index contributed by atoms with van der Waals surface area (Å²) in [6.07, 6.45) is 1.65. The Morgan fingerprint density at radius 3 is 2.79 bits per heavy atom. The van der Waals surface area contributed by atoms with E-state index in [1.165, 1.54) is 4.88 Å². The number of sulfone groups is 1. The highest BCUT2D eigenvalue weighted by Crippen LogP contribution is 2.12. The Morgan fingerprint density at radius 1 is 1.57 bits per heavy atom. The molecule has 0 aliphatic heterocycles. The van der Waals surface area contributed by atoms with E-state index in [9.17, 15) is 13.5 Å². The molecule has 1 unspecified atom stereocenters. The fraction of sp³-hybridized carbons (Fsp3) is 0.556. The molecule has 0 aliphatic carbocycles. The van der Waals surface area contributed by atoms with Gasteiger partial charge in [0.25, 0.3) is 0 Å². The van der Waals surface area contributed by atoms with Crippen LogP contribution in [0.3, 0.4) is 0 Å². The van der Waals surface area contributed by atoms with Gasteiger partial charge in [-0.3, -0.25) is 0 Å². The van der Waals surface area contributed by atoms with Crippen LogP contribution in [0, 0.1) is 0 Å². The van der Waals surface area contributed by atoms with Crippen LogP contribution in [0.25, 0.3) is 0 Å². The molecule has 14 heavy (non-hydrogen) atoms. The summed E-state index contributed by atoms with van der Waals surface area (Å²) in [6.45, 7) is 0. The Kier molecular flexibility index (Phi) is 4.10. The van der Waals surface area contributed by atoms with Crippen molar-refractivity contribution in [3.63, 3.8) is 0 Å². The molecule has 0 bridgehead atoms. The van der Waals surface area contributed by atoms with Crippen molar-refractivity contribution in [2.75, 3.05) is 12.0 Å². The van der Waals surface area contributed by atoms with Gasteiger partial charge < -0.3 is 5.11 Å². The van der Waals surface area contributed by atoms with Crippen LogP contribution in [0.2, 0.25) is 0 Å². The second kappa shape index (κ2) is 4.91. The molecule has 1 rings (SSSR count). The first-order valence-corrected chi connectivity index (χ1v) is 7.29. The maximum absolute atomic E-state index is 10.8. The maximum Gasteiger partial charge on any atom is 0.149 e. The Balaban J connectivity index is 2.32. The topological polar surface area (TPSA) is 54.4 Å². The summed E-state index contributed by atoms with van der Waals surface area (Å²) in [7, 11) is -3.06. The van der Waals surface area contributed by atoms with Gasteiger partial charge in [0.05, 0.1) is 11.9 Å². The average Bonchev–Trinajstić information content (AvgIpc) is 2.49. The fourth-order valence-corrected chi connectivity index (χ4v) is 2.79. The summed E-state index contributed by atoms with van der Waals surface area (Å²) in [5, 5.41) is 11.4. The van der Waals surface area contributed by atoms with Crippen LogP contribution in [-0.2, 0) is 16.3 Å². The summed E-state index contributed by atoms with van der Waals surface area (Å²) in [5.41, 5.74) is 0. The van der Waals surface area contributed by atoms with Crippen LogP contribution in [0.15, 0.2) is 17.5 Å². The van der Waals surface area contributed by atoms with Gasteiger partial charge in [-0.1, -0.05) is 6.07 Å². The average molecular weight is 234 g/mol. The predicted molar refractivity (Wildman–Crippen MR) is 58.4 cm³/mol. The molecule has 1 aromatic rings. The number of hydrogen-bond donors (Lipinski definition) is 1. The zero-order chi connectivity index (χ0) is 10.6. The van der Waals surface area contributed by atoms with E-state index in [-0.39, 0.29) is 5.75 Å². The molecule has 1 N–H and O–H groups in total. The highest BCUT2D eigenvalue weighted by molar-refractivity contribution is 7.90. The van der Waals surface area contributed by atoms with Crippen LogP contribution in [0.1, 0.15) is 11.3 Å². The molecule has 80 valence electrons. The van der Waals surface area contributed by atoms with Gasteiger partial charge >= 0.3 is 0 Å². The van der Waals surface area contributed by atoms with Crippen LogP contribution in [-0.4, -0.2) is 31.6 Å². The molecule has 1 heterocycles. The first kappa shape index (κ1) is 11.7. The number of aliphatic hydroxyl groups excluding tert-OH is 1. The van der Waals surface area contributed by atoms with Crippen LogP contribution < -0.4 is 0 Å². The van der Waals surface area contributed by atoms with E-state index in [2.05, 4.69) is 0 Å². The third kappa shape index (κ3) is 4.74. The Labute approximate surface area is 88.3 Å². The number of hydrogen-bond acceptors (Lipinski definition) is 4. The lowest BCUT2D eigenvalue weighted by Crippen LogP contribution is -2.20. The van der Waals surface area contributed by atoms with Crippen molar-refractivity contribution in [1.29, 1.82) is 0 Å². The van der Waals surface area contributed by atoms with Gasteiger partial charge in [0.15, 0.2) is 0 Å². The van der Waals surface area contributed by atoms with Crippen molar-refractivity contribution in [3.8, 4) is 0 Å². The summed E-state index contributed by atoms with van der Waals surface area (Å²) in [4.78, 5) is 1.18. The second-order valence-corrected chi connectivity index (χ2v) is 6.58. The Morgan fingerprint density at radius 2 is 2.29 bits per heavy atom. The van der Waals surface area contributed by atoms with Gasteiger partial charge in [-0.05, 0) is 24.3 Å². The third-order valence-electron chi connectivity index (χ3n) is 1.80. The molecule has 0 saturated heterocycles. The SMILES string of the molecule is CS(=O)(=O)CC(O)CCc1cccs1. The molecular weight excluding hydrogens is 220 g/mol. The van der Waals surface area contributed by atoms with Gasteiger partial charge in [0, 0.05) is 11.1 Å². The lowest BCUT2D eigenvalue weighted by molar-refractivity contribution is 0.188. The quantitative estimate of drug-likeness (QED) is 0.829. The van der Waals surface area contributed by atoms with Crippen LogP contribution >= 0.6 is 11.3 Å². The van der Waals surface area contributed by atoms with E-state index >= 15 is 0 Å². The number of rotatable bonds is 5. The predicted octanol–water partition coefficient (Wildman–Crippen LogP) is 1.09. The molecule has 1 aromatic heterocycles. The smallest absolute Gasteiger partial charge is 0.149 e. The number of aliphatic hydroxyl groups is 1. The standard InChI is InChI=1S/C9H14O3S2/c1-14(11,12)7-8(10)4-5-9-3-2-6-13-9/h2-3,6,8,10H,4-5,7H2,1H3. The van der Waals surface area contributed by atoms with Crippen molar-refractivity contribution >= 4 is 21.2 Å². The maximum atomic E-state index is 10.8. The molecule has 1 atom stereocenters. The van der Waals surface area contributed by atoms with Crippen molar-refractivity contribution < 1.29 is 13.5 Å². The molecular formula is C9H14O3S2. The van der Waals surface area contributed by atoms with Crippen molar-refractivity contribution in [2.45, 2.75) is 18.9 Å². The molecule has 0 spiro atoms. The molecule has 0 aliphatic rings. The number of aryl methyl sites for hydroxylation is 1. The van der Waals surface area contributed by atoms with E-state index in [1.807, 2.05) is 17.5 Å². The van der Waals surface area contributed by atoms with Crippen LogP contribution in [0.4, 0.5) is 0 Å². The molecule has 0 saturated carbocycles. The normalized spacial score (nSPS) is 14.1. The van der Waals surface area contributed by atoms with E-state index in [1.54, 1.807) is 11.3 Å². The van der Waals surface area contributed by atoms with Crippen LogP contribution in [0.5, 0.6) is 0 Å². The first-order valence-electron chi connectivity index (χ1n) is 4.35. The van der Waals surface area contributed by atoms with Crippen molar-refractivity contribution in [2.24, 2.45) is 0 Å². The van der Waals surface area contributed by atoms with Gasteiger partial charge in [-0.25, -0.2) is 8.42 Å². The molecule has 0 aromatic carbocycles. The first-order chi connectivity index (χ1) is 6.47. The highest BCUT2D eigenvalue weighted by atomic mass is 32.2. The monoisotopic (exact) mass is 234 g/mol. The molecule has 0 fully saturated rings. The summed E-state index contributed by atoms with van der Waals surface area (Å²) in [6, 6.07) is 3.93. The molecule has 0 amide bonds. The fourth-order valence-electron chi connectivity index (χ4n) is 1.20. The second-order valence-electron chi connectivity index (χ2n) is 3.36. The Hall–Kier alpha value is -0.390. The molecule has 0 radical (unpaired) electrons. The Bertz CT molecular complexity index is 353. The van der Waals surface area contributed by atoms with Gasteiger partial charge in [-0.2, -0.15) is 0 Å². The largest absolute Gasteiger partial charge is 0.392 e. The molecule has 5 heteroatoms.